The second-order valence-electron chi connectivity index (χ2n) is 4.31. The number of nitrogens with one attached hydrogen (secondary N) is 2. The largest absolute Gasteiger partial charge is 0.367 e. The molecule has 0 atom stereocenters. The van der Waals surface area contributed by atoms with E-state index < -0.39 is 10.8 Å². The molecule has 0 amide bonds. The van der Waals surface area contributed by atoms with Crippen LogP contribution >= 0.6 is 0 Å². The SMILES string of the molecule is CCc1c(NN)ncnc1NC1CCS(=O)CC1. The van der Waals surface area contributed by atoms with E-state index in [1.807, 2.05) is 6.92 Å². The van der Waals surface area contributed by atoms with Gasteiger partial charge in [-0.3, -0.25) is 4.21 Å². The monoisotopic (exact) mass is 269 g/mol. The van der Waals surface area contributed by atoms with Crippen LogP contribution in [-0.4, -0.2) is 31.7 Å². The van der Waals surface area contributed by atoms with E-state index in [2.05, 4.69) is 20.7 Å². The summed E-state index contributed by atoms with van der Waals surface area (Å²) in [5.74, 6) is 8.47. The van der Waals surface area contributed by atoms with Crippen LogP contribution in [0.1, 0.15) is 25.3 Å². The number of rotatable bonds is 4. The minimum absolute atomic E-state index is 0.341. The lowest BCUT2D eigenvalue weighted by Crippen LogP contribution is -2.30. The molecule has 0 unspecified atom stereocenters. The van der Waals surface area contributed by atoms with Crippen LogP contribution in [0.2, 0.25) is 0 Å². The topological polar surface area (TPSA) is 92.9 Å². The standard InChI is InChI=1S/C11H19N5OS/c1-2-9-10(13-7-14-11(9)16-12)15-8-3-5-18(17)6-4-8/h7-8H,2-6,12H2,1H3,(H2,13,14,15,16). The predicted molar refractivity (Wildman–Crippen MR) is 73.7 cm³/mol. The van der Waals surface area contributed by atoms with Gasteiger partial charge in [-0.2, -0.15) is 0 Å². The molecule has 100 valence electrons. The molecule has 0 aromatic carbocycles. The van der Waals surface area contributed by atoms with Gasteiger partial charge in [0.1, 0.15) is 18.0 Å². The van der Waals surface area contributed by atoms with Crippen molar-refractivity contribution in [3.05, 3.63) is 11.9 Å². The molecule has 1 fully saturated rings. The zero-order valence-corrected chi connectivity index (χ0v) is 11.3. The Morgan fingerprint density at radius 1 is 1.39 bits per heavy atom. The number of hydrazine groups is 1. The van der Waals surface area contributed by atoms with Crippen LogP contribution < -0.4 is 16.6 Å². The first-order valence-corrected chi connectivity index (χ1v) is 7.65. The highest BCUT2D eigenvalue weighted by Gasteiger charge is 2.19. The highest BCUT2D eigenvalue weighted by Crippen LogP contribution is 2.22. The first-order chi connectivity index (χ1) is 8.74. The third-order valence-corrected chi connectivity index (χ3v) is 4.55. The summed E-state index contributed by atoms with van der Waals surface area (Å²) in [4.78, 5) is 8.38. The van der Waals surface area contributed by atoms with Gasteiger partial charge in [0.2, 0.25) is 0 Å². The number of hydrogen-bond acceptors (Lipinski definition) is 6. The molecule has 1 aromatic heterocycles. The molecule has 7 heteroatoms. The van der Waals surface area contributed by atoms with Crippen molar-refractivity contribution in [2.75, 3.05) is 22.2 Å². The Morgan fingerprint density at radius 3 is 2.67 bits per heavy atom. The fourth-order valence-corrected chi connectivity index (χ4v) is 3.43. The Labute approximate surface area is 109 Å². The second-order valence-corrected chi connectivity index (χ2v) is 6.01. The minimum atomic E-state index is -0.637. The van der Waals surface area contributed by atoms with Gasteiger partial charge in [0, 0.05) is 33.9 Å². The third-order valence-electron chi connectivity index (χ3n) is 3.16. The van der Waals surface area contributed by atoms with Crippen LogP contribution in [-0.2, 0) is 17.2 Å². The number of nitrogens with zero attached hydrogens (tertiary/aromatic N) is 2. The van der Waals surface area contributed by atoms with Crippen molar-refractivity contribution in [2.24, 2.45) is 5.84 Å². The van der Waals surface area contributed by atoms with Crippen molar-refractivity contribution in [1.82, 2.24) is 9.97 Å². The Balaban J connectivity index is 2.11. The molecule has 2 heterocycles. The number of hydrogen-bond donors (Lipinski definition) is 3. The van der Waals surface area contributed by atoms with Crippen LogP contribution in [0.25, 0.3) is 0 Å². The van der Waals surface area contributed by atoms with Crippen molar-refractivity contribution in [3.63, 3.8) is 0 Å². The first-order valence-electron chi connectivity index (χ1n) is 6.16. The predicted octanol–water partition coefficient (Wildman–Crippen LogP) is 0.648. The van der Waals surface area contributed by atoms with E-state index in [1.165, 1.54) is 6.33 Å². The van der Waals surface area contributed by atoms with Gasteiger partial charge in [-0.25, -0.2) is 15.8 Å². The van der Waals surface area contributed by atoms with E-state index in [1.54, 1.807) is 0 Å². The van der Waals surface area contributed by atoms with Crippen LogP contribution in [0.4, 0.5) is 11.6 Å². The van der Waals surface area contributed by atoms with E-state index in [0.717, 1.165) is 42.1 Å². The molecule has 2 rings (SSSR count). The summed E-state index contributed by atoms with van der Waals surface area (Å²) in [6.45, 7) is 2.04. The van der Waals surface area contributed by atoms with Crippen molar-refractivity contribution >= 4 is 22.4 Å². The maximum Gasteiger partial charge on any atom is 0.148 e. The number of aromatic nitrogens is 2. The van der Waals surface area contributed by atoms with E-state index in [0.29, 0.717) is 11.9 Å². The quantitative estimate of drug-likeness (QED) is 0.549. The first kappa shape index (κ1) is 13.2. The maximum absolute atomic E-state index is 11.3. The van der Waals surface area contributed by atoms with E-state index in [-0.39, 0.29) is 0 Å². The van der Waals surface area contributed by atoms with E-state index >= 15 is 0 Å². The lowest BCUT2D eigenvalue weighted by molar-refractivity contribution is 0.621. The fourth-order valence-electron chi connectivity index (χ4n) is 2.13. The third kappa shape index (κ3) is 2.97. The summed E-state index contributed by atoms with van der Waals surface area (Å²) < 4.78 is 11.3. The average molecular weight is 269 g/mol. The molecule has 0 aliphatic carbocycles. The fraction of sp³-hybridized carbons (Fsp3) is 0.636. The summed E-state index contributed by atoms with van der Waals surface area (Å²) >= 11 is 0. The molecule has 0 radical (unpaired) electrons. The molecule has 4 N–H and O–H groups in total. The highest BCUT2D eigenvalue weighted by atomic mass is 32.2. The highest BCUT2D eigenvalue weighted by molar-refractivity contribution is 7.85. The lowest BCUT2D eigenvalue weighted by atomic mass is 10.1. The summed E-state index contributed by atoms with van der Waals surface area (Å²) in [6, 6.07) is 0.341. The van der Waals surface area contributed by atoms with Crippen LogP contribution in [0.5, 0.6) is 0 Å². The smallest absolute Gasteiger partial charge is 0.148 e. The molecule has 18 heavy (non-hydrogen) atoms. The zero-order chi connectivity index (χ0) is 13.0. The second kappa shape index (κ2) is 6.10. The van der Waals surface area contributed by atoms with Crippen molar-refractivity contribution in [2.45, 2.75) is 32.2 Å². The van der Waals surface area contributed by atoms with Gasteiger partial charge >= 0.3 is 0 Å². The molecular weight excluding hydrogens is 250 g/mol. The Bertz CT molecular complexity index is 429. The van der Waals surface area contributed by atoms with E-state index in [9.17, 15) is 4.21 Å². The van der Waals surface area contributed by atoms with Crippen molar-refractivity contribution < 1.29 is 4.21 Å². The average Bonchev–Trinajstić information content (AvgIpc) is 2.41. The number of anilines is 2. The molecule has 6 nitrogen and oxygen atoms in total. The summed E-state index contributed by atoms with van der Waals surface area (Å²) in [5.41, 5.74) is 3.58. The van der Waals surface area contributed by atoms with Crippen molar-refractivity contribution in [1.29, 1.82) is 0 Å². The molecule has 0 bridgehead atoms. The Morgan fingerprint density at radius 2 is 2.06 bits per heavy atom. The molecule has 0 spiro atoms. The lowest BCUT2D eigenvalue weighted by Gasteiger charge is -2.24. The number of nitrogens with two attached hydrogens (primary N) is 1. The van der Waals surface area contributed by atoms with E-state index in [4.69, 9.17) is 5.84 Å². The van der Waals surface area contributed by atoms with Crippen LogP contribution in [0.3, 0.4) is 0 Å². The Hall–Kier alpha value is -1.21. The normalized spacial score (nSPS) is 23.7. The molecular formula is C11H19N5OS. The minimum Gasteiger partial charge on any atom is -0.367 e. The summed E-state index contributed by atoms with van der Waals surface area (Å²) in [6.07, 6.45) is 4.15. The molecule has 1 aliphatic heterocycles. The van der Waals surface area contributed by atoms with Gasteiger partial charge in [-0.05, 0) is 19.3 Å². The van der Waals surface area contributed by atoms with Gasteiger partial charge in [0.25, 0.3) is 0 Å². The van der Waals surface area contributed by atoms with Gasteiger partial charge in [-0.15, -0.1) is 0 Å². The molecule has 0 saturated carbocycles. The summed E-state index contributed by atoms with van der Waals surface area (Å²) in [5, 5.41) is 3.41. The summed E-state index contributed by atoms with van der Waals surface area (Å²) in [7, 11) is -0.637. The molecule has 1 saturated heterocycles. The van der Waals surface area contributed by atoms with Gasteiger partial charge in [-0.1, -0.05) is 6.92 Å². The molecule has 1 aliphatic rings. The van der Waals surface area contributed by atoms with Crippen molar-refractivity contribution in [3.8, 4) is 0 Å². The zero-order valence-electron chi connectivity index (χ0n) is 10.5. The Kier molecular flexibility index (Phi) is 4.48. The number of nitrogen functional groups attached to an aromatic ring is 1. The van der Waals surface area contributed by atoms with Gasteiger partial charge in [0.05, 0.1) is 0 Å². The van der Waals surface area contributed by atoms with Crippen LogP contribution in [0.15, 0.2) is 6.33 Å². The van der Waals surface area contributed by atoms with Crippen LogP contribution in [0, 0.1) is 0 Å². The van der Waals surface area contributed by atoms with Gasteiger partial charge < -0.3 is 10.7 Å². The van der Waals surface area contributed by atoms with Gasteiger partial charge in [0.15, 0.2) is 0 Å². The molecule has 1 aromatic rings. The maximum atomic E-state index is 11.3.